The molecule has 2 rings (SSSR count). The SMILES string of the molecule is CCOC(c1ccccc1)c1noc(C(CC)C(C)O)n1. The summed E-state index contributed by atoms with van der Waals surface area (Å²) in [7, 11) is 0. The summed E-state index contributed by atoms with van der Waals surface area (Å²) in [5, 5.41) is 13.8. The van der Waals surface area contributed by atoms with Gasteiger partial charge in [-0.2, -0.15) is 4.98 Å². The van der Waals surface area contributed by atoms with Crippen LogP contribution in [0.1, 0.15) is 56.5 Å². The van der Waals surface area contributed by atoms with Crippen molar-refractivity contribution in [3.8, 4) is 0 Å². The summed E-state index contributed by atoms with van der Waals surface area (Å²) in [6, 6.07) is 9.80. The molecule has 21 heavy (non-hydrogen) atoms. The van der Waals surface area contributed by atoms with Gasteiger partial charge in [-0.3, -0.25) is 0 Å². The van der Waals surface area contributed by atoms with Crippen LogP contribution in [-0.2, 0) is 4.74 Å². The average Bonchev–Trinajstić information content (AvgIpc) is 2.95. The zero-order valence-corrected chi connectivity index (χ0v) is 12.7. The Labute approximate surface area is 125 Å². The molecule has 1 heterocycles. The number of rotatable bonds is 7. The summed E-state index contributed by atoms with van der Waals surface area (Å²) < 4.78 is 11.1. The Morgan fingerprint density at radius 1 is 1.24 bits per heavy atom. The lowest BCUT2D eigenvalue weighted by Crippen LogP contribution is -2.14. The van der Waals surface area contributed by atoms with Gasteiger partial charge in [-0.25, -0.2) is 0 Å². The lowest BCUT2D eigenvalue weighted by Gasteiger charge is -2.14. The van der Waals surface area contributed by atoms with Gasteiger partial charge in [0.15, 0.2) is 0 Å². The summed E-state index contributed by atoms with van der Waals surface area (Å²) >= 11 is 0. The molecular weight excluding hydrogens is 268 g/mol. The zero-order chi connectivity index (χ0) is 15.2. The number of nitrogens with zero attached hydrogens (tertiary/aromatic N) is 2. The quantitative estimate of drug-likeness (QED) is 0.848. The first-order chi connectivity index (χ1) is 10.2. The summed E-state index contributed by atoms with van der Waals surface area (Å²) in [6.07, 6.45) is -0.130. The second-order valence-electron chi connectivity index (χ2n) is 4.99. The number of aliphatic hydroxyl groups excluding tert-OH is 1. The van der Waals surface area contributed by atoms with E-state index < -0.39 is 6.10 Å². The lowest BCUT2D eigenvalue weighted by atomic mass is 10.0. The van der Waals surface area contributed by atoms with Crippen LogP contribution in [0.4, 0.5) is 0 Å². The molecule has 0 aliphatic rings. The minimum atomic E-state index is -0.523. The van der Waals surface area contributed by atoms with Crippen molar-refractivity contribution in [3.05, 3.63) is 47.6 Å². The first-order valence-electron chi connectivity index (χ1n) is 7.35. The van der Waals surface area contributed by atoms with Gasteiger partial charge in [-0.15, -0.1) is 0 Å². The molecular formula is C16H22N2O3. The van der Waals surface area contributed by atoms with Crippen molar-refractivity contribution >= 4 is 0 Å². The van der Waals surface area contributed by atoms with Crippen molar-refractivity contribution in [2.45, 2.75) is 45.3 Å². The molecule has 2 aromatic rings. The standard InChI is InChI=1S/C16H22N2O3/c1-4-13(11(3)19)16-17-15(18-21-16)14(20-5-2)12-9-7-6-8-10-12/h6-11,13-14,19H,4-5H2,1-3H3. The van der Waals surface area contributed by atoms with Crippen molar-refractivity contribution in [1.82, 2.24) is 10.1 Å². The van der Waals surface area contributed by atoms with Crippen LogP contribution in [0.15, 0.2) is 34.9 Å². The van der Waals surface area contributed by atoms with Crippen LogP contribution < -0.4 is 0 Å². The third kappa shape index (κ3) is 3.68. The van der Waals surface area contributed by atoms with Crippen LogP contribution in [0, 0.1) is 0 Å². The molecule has 0 radical (unpaired) electrons. The third-order valence-corrected chi connectivity index (χ3v) is 3.47. The van der Waals surface area contributed by atoms with Gasteiger partial charge in [0.25, 0.3) is 0 Å². The number of benzene rings is 1. The Balaban J connectivity index is 2.28. The van der Waals surface area contributed by atoms with Crippen LogP contribution in [0.5, 0.6) is 0 Å². The highest BCUT2D eigenvalue weighted by molar-refractivity contribution is 5.22. The van der Waals surface area contributed by atoms with Gasteiger partial charge in [0, 0.05) is 6.61 Å². The number of aromatic nitrogens is 2. The summed E-state index contributed by atoms with van der Waals surface area (Å²) in [6.45, 7) is 6.20. The molecule has 0 bridgehead atoms. The van der Waals surface area contributed by atoms with E-state index in [2.05, 4.69) is 10.1 Å². The van der Waals surface area contributed by atoms with Crippen LogP contribution in [0.2, 0.25) is 0 Å². The van der Waals surface area contributed by atoms with E-state index in [-0.39, 0.29) is 12.0 Å². The Bertz CT molecular complexity index is 539. The summed E-state index contributed by atoms with van der Waals surface area (Å²) in [5.74, 6) is 0.810. The van der Waals surface area contributed by atoms with E-state index in [1.54, 1.807) is 6.92 Å². The van der Waals surface area contributed by atoms with Crippen LogP contribution >= 0.6 is 0 Å². The Kier molecular flexibility index (Phi) is 5.47. The van der Waals surface area contributed by atoms with E-state index in [0.717, 1.165) is 12.0 Å². The van der Waals surface area contributed by atoms with Gasteiger partial charge in [-0.05, 0) is 25.8 Å². The van der Waals surface area contributed by atoms with Crippen LogP contribution in [0.25, 0.3) is 0 Å². The summed E-state index contributed by atoms with van der Waals surface area (Å²) in [5.41, 5.74) is 0.983. The van der Waals surface area contributed by atoms with E-state index in [4.69, 9.17) is 9.26 Å². The monoisotopic (exact) mass is 290 g/mol. The van der Waals surface area contributed by atoms with Gasteiger partial charge < -0.3 is 14.4 Å². The maximum atomic E-state index is 9.77. The smallest absolute Gasteiger partial charge is 0.232 e. The molecule has 3 unspecified atom stereocenters. The highest BCUT2D eigenvalue weighted by atomic mass is 16.5. The largest absolute Gasteiger partial charge is 0.393 e. The predicted molar refractivity (Wildman–Crippen MR) is 78.9 cm³/mol. The highest BCUT2D eigenvalue weighted by Crippen LogP contribution is 2.27. The third-order valence-electron chi connectivity index (χ3n) is 3.47. The topological polar surface area (TPSA) is 68.4 Å². The second-order valence-corrected chi connectivity index (χ2v) is 4.99. The van der Waals surface area contributed by atoms with Crippen molar-refractivity contribution in [1.29, 1.82) is 0 Å². The van der Waals surface area contributed by atoms with Crippen molar-refractivity contribution in [2.24, 2.45) is 0 Å². The molecule has 1 N–H and O–H groups in total. The van der Waals surface area contributed by atoms with Crippen molar-refractivity contribution < 1.29 is 14.4 Å². The molecule has 0 amide bonds. The van der Waals surface area contributed by atoms with E-state index in [9.17, 15) is 5.11 Å². The fourth-order valence-electron chi connectivity index (χ4n) is 2.34. The van der Waals surface area contributed by atoms with E-state index in [0.29, 0.717) is 18.3 Å². The first-order valence-corrected chi connectivity index (χ1v) is 7.35. The minimum Gasteiger partial charge on any atom is -0.393 e. The molecule has 1 aromatic heterocycles. The molecule has 0 aliphatic heterocycles. The fourth-order valence-corrected chi connectivity index (χ4v) is 2.34. The fraction of sp³-hybridized carbons (Fsp3) is 0.500. The molecule has 1 aromatic carbocycles. The molecule has 5 nitrogen and oxygen atoms in total. The highest BCUT2D eigenvalue weighted by Gasteiger charge is 2.26. The number of hydrogen-bond acceptors (Lipinski definition) is 5. The molecule has 0 saturated carbocycles. The Hall–Kier alpha value is -1.72. The molecule has 0 aliphatic carbocycles. The van der Waals surface area contributed by atoms with Gasteiger partial charge in [0.2, 0.25) is 11.7 Å². The normalized spacial score (nSPS) is 15.6. The Morgan fingerprint density at radius 2 is 1.95 bits per heavy atom. The number of hydrogen-bond donors (Lipinski definition) is 1. The van der Waals surface area contributed by atoms with Gasteiger partial charge in [0.1, 0.15) is 6.10 Å². The van der Waals surface area contributed by atoms with Gasteiger partial charge in [-0.1, -0.05) is 42.4 Å². The lowest BCUT2D eigenvalue weighted by molar-refractivity contribution is 0.0833. The van der Waals surface area contributed by atoms with E-state index >= 15 is 0 Å². The molecule has 0 spiro atoms. The number of ether oxygens (including phenoxy) is 1. The van der Waals surface area contributed by atoms with Gasteiger partial charge in [0.05, 0.1) is 12.0 Å². The second kappa shape index (κ2) is 7.33. The molecule has 114 valence electrons. The first kappa shape index (κ1) is 15.7. The van der Waals surface area contributed by atoms with Crippen molar-refractivity contribution in [3.63, 3.8) is 0 Å². The molecule has 0 fully saturated rings. The maximum absolute atomic E-state index is 9.77. The molecule has 3 atom stereocenters. The van der Waals surface area contributed by atoms with Crippen LogP contribution in [-0.4, -0.2) is 28.0 Å². The van der Waals surface area contributed by atoms with Gasteiger partial charge >= 0.3 is 0 Å². The molecule has 0 saturated heterocycles. The zero-order valence-electron chi connectivity index (χ0n) is 12.7. The van der Waals surface area contributed by atoms with E-state index in [1.165, 1.54) is 0 Å². The van der Waals surface area contributed by atoms with Crippen LogP contribution in [0.3, 0.4) is 0 Å². The Morgan fingerprint density at radius 3 is 2.52 bits per heavy atom. The van der Waals surface area contributed by atoms with Crippen molar-refractivity contribution in [2.75, 3.05) is 6.61 Å². The minimum absolute atomic E-state index is 0.149. The summed E-state index contributed by atoms with van der Waals surface area (Å²) in [4.78, 5) is 4.44. The number of aliphatic hydroxyl groups is 1. The maximum Gasteiger partial charge on any atom is 0.232 e. The average molecular weight is 290 g/mol. The molecule has 5 heteroatoms. The van der Waals surface area contributed by atoms with E-state index in [1.807, 2.05) is 44.2 Å². The predicted octanol–water partition coefficient (Wildman–Crippen LogP) is 3.07.